The molecule has 2 amide bonds. The van der Waals surface area contributed by atoms with Crippen LogP contribution < -0.4 is 10.6 Å². The molecule has 2 N–H and O–H groups in total. The summed E-state index contributed by atoms with van der Waals surface area (Å²) in [4.78, 5) is 22.9. The molecule has 0 bridgehead atoms. The molecule has 24 heavy (non-hydrogen) atoms. The summed E-state index contributed by atoms with van der Waals surface area (Å²) in [7, 11) is 0. The first-order valence-electron chi connectivity index (χ1n) is 8.50. The molecular formula is C18H25N5O. The number of aromatic nitrogens is 2. The Bertz CT molecular complexity index is 697. The third-order valence-corrected chi connectivity index (χ3v) is 4.44. The maximum Gasteiger partial charge on any atom is 0.317 e. The Balaban J connectivity index is 1.71. The topological polar surface area (TPSA) is 70.2 Å². The van der Waals surface area contributed by atoms with E-state index in [-0.39, 0.29) is 11.6 Å². The van der Waals surface area contributed by atoms with E-state index in [1.54, 1.807) is 0 Å². The number of carbonyl (C=O) groups excluding carboxylic acids is 1. The summed E-state index contributed by atoms with van der Waals surface area (Å²) >= 11 is 0. The first kappa shape index (κ1) is 16.5. The minimum atomic E-state index is -0.158. The van der Waals surface area contributed by atoms with Gasteiger partial charge in [-0.15, -0.1) is 0 Å². The van der Waals surface area contributed by atoms with Crippen molar-refractivity contribution in [3.05, 3.63) is 41.3 Å². The van der Waals surface area contributed by atoms with Gasteiger partial charge in [0, 0.05) is 31.3 Å². The molecule has 0 radical (unpaired) electrons. The zero-order valence-corrected chi connectivity index (χ0v) is 14.6. The van der Waals surface area contributed by atoms with Crippen molar-refractivity contribution >= 4 is 12.0 Å². The van der Waals surface area contributed by atoms with Crippen LogP contribution in [0, 0.1) is 0 Å². The quantitative estimate of drug-likeness (QED) is 0.895. The van der Waals surface area contributed by atoms with Crippen LogP contribution in [-0.2, 0) is 13.0 Å². The van der Waals surface area contributed by atoms with Crippen LogP contribution in [0.15, 0.2) is 30.0 Å². The molecule has 1 unspecified atom stereocenters. The maximum absolute atomic E-state index is 12.0. The van der Waals surface area contributed by atoms with E-state index in [9.17, 15) is 4.79 Å². The van der Waals surface area contributed by atoms with Gasteiger partial charge in [0.1, 0.15) is 0 Å². The molecule has 1 atom stereocenters. The second-order valence-corrected chi connectivity index (χ2v) is 6.76. The molecule has 1 aliphatic heterocycles. The number of rotatable bonds is 3. The highest BCUT2D eigenvalue weighted by Gasteiger charge is 2.26. The first-order chi connectivity index (χ1) is 11.5. The van der Waals surface area contributed by atoms with Crippen molar-refractivity contribution in [3.8, 4) is 0 Å². The summed E-state index contributed by atoms with van der Waals surface area (Å²) in [5.41, 5.74) is 3.24. The van der Waals surface area contributed by atoms with E-state index in [0.29, 0.717) is 25.6 Å². The van der Waals surface area contributed by atoms with Gasteiger partial charge in [-0.2, -0.15) is 0 Å². The van der Waals surface area contributed by atoms with Crippen LogP contribution >= 0.6 is 0 Å². The standard InChI is InChI=1S/C18H25N5O/c1-4-19-17(24)23-9-7-15-14(12-23)11-20-16(21-15)22-18(3)8-5-6-13(2)10-18/h5-6,8,11H,4,7,9-10,12H2,1-3H3,(H,19,24)(H,20,21,22). The van der Waals surface area contributed by atoms with Gasteiger partial charge in [0.05, 0.1) is 17.8 Å². The SMILES string of the molecule is CCNC(=O)N1CCc2nc(NC3(C)C=CC=C(C)C3)ncc2C1. The average Bonchev–Trinajstić information content (AvgIpc) is 2.54. The number of fused-ring (bicyclic) bond motifs is 1. The lowest BCUT2D eigenvalue weighted by Gasteiger charge is -2.31. The predicted octanol–water partition coefficient (Wildman–Crippen LogP) is 2.64. The largest absolute Gasteiger partial charge is 0.345 e. The summed E-state index contributed by atoms with van der Waals surface area (Å²) in [6.45, 7) is 8.11. The molecular weight excluding hydrogens is 302 g/mol. The Kier molecular flexibility index (Phi) is 4.55. The Morgan fingerprint density at radius 1 is 1.46 bits per heavy atom. The van der Waals surface area contributed by atoms with Gasteiger partial charge in [-0.3, -0.25) is 0 Å². The maximum atomic E-state index is 12.0. The summed E-state index contributed by atoms with van der Waals surface area (Å²) in [6, 6.07) is -0.0209. The van der Waals surface area contributed by atoms with Crippen molar-refractivity contribution in [1.82, 2.24) is 20.2 Å². The Morgan fingerprint density at radius 3 is 3.04 bits per heavy atom. The third-order valence-electron chi connectivity index (χ3n) is 4.44. The molecule has 0 spiro atoms. The highest BCUT2D eigenvalue weighted by atomic mass is 16.2. The van der Waals surface area contributed by atoms with Crippen molar-refractivity contribution in [2.24, 2.45) is 0 Å². The Morgan fingerprint density at radius 2 is 2.29 bits per heavy atom. The fourth-order valence-corrected chi connectivity index (χ4v) is 3.28. The number of hydrogen-bond donors (Lipinski definition) is 2. The molecule has 1 aromatic heterocycles. The normalized spacial score (nSPS) is 22.6. The Hall–Kier alpha value is -2.37. The molecule has 2 heterocycles. The zero-order valence-electron chi connectivity index (χ0n) is 14.6. The van der Waals surface area contributed by atoms with E-state index in [1.807, 2.05) is 18.0 Å². The number of carbonyl (C=O) groups is 1. The fourth-order valence-electron chi connectivity index (χ4n) is 3.28. The Labute approximate surface area is 143 Å². The first-order valence-corrected chi connectivity index (χ1v) is 8.50. The highest BCUT2D eigenvalue weighted by molar-refractivity contribution is 5.74. The molecule has 1 aromatic rings. The molecule has 6 nitrogen and oxygen atoms in total. The van der Waals surface area contributed by atoms with Crippen LogP contribution in [0.4, 0.5) is 10.7 Å². The van der Waals surface area contributed by atoms with Crippen LogP contribution in [0.2, 0.25) is 0 Å². The molecule has 0 saturated heterocycles. The van der Waals surface area contributed by atoms with Crippen molar-refractivity contribution in [1.29, 1.82) is 0 Å². The highest BCUT2D eigenvalue weighted by Crippen LogP contribution is 2.26. The van der Waals surface area contributed by atoms with Crippen LogP contribution in [-0.4, -0.2) is 39.5 Å². The smallest absolute Gasteiger partial charge is 0.317 e. The molecule has 0 aromatic carbocycles. The number of anilines is 1. The van der Waals surface area contributed by atoms with Crippen molar-refractivity contribution in [2.45, 2.75) is 45.7 Å². The molecule has 128 valence electrons. The summed E-state index contributed by atoms with van der Waals surface area (Å²) < 4.78 is 0. The molecule has 3 rings (SSSR count). The van der Waals surface area contributed by atoms with Gasteiger partial charge in [-0.25, -0.2) is 14.8 Å². The van der Waals surface area contributed by atoms with E-state index in [0.717, 1.165) is 24.1 Å². The summed E-state index contributed by atoms with van der Waals surface area (Å²) in [5.74, 6) is 0.655. The van der Waals surface area contributed by atoms with Gasteiger partial charge < -0.3 is 15.5 Å². The van der Waals surface area contributed by atoms with Gasteiger partial charge in [0.2, 0.25) is 5.95 Å². The number of hydrogen-bond acceptors (Lipinski definition) is 4. The number of nitrogens with one attached hydrogen (secondary N) is 2. The lowest BCUT2D eigenvalue weighted by atomic mass is 9.89. The van der Waals surface area contributed by atoms with Gasteiger partial charge >= 0.3 is 6.03 Å². The van der Waals surface area contributed by atoms with Crippen LogP contribution in [0.5, 0.6) is 0 Å². The predicted molar refractivity (Wildman–Crippen MR) is 94.8 cm³/mol. The van der Waals surface area contributed by atoms with E-state index in [1.165, 1.54) is 5.57 Å². The van der Waals surface area contributed by atoms with Crippen molar-refractivity contribution < 1.29 is 4.79 Å². The van der Waals surface area contributed by atoms with E-state index < -0.39 is 0 Å². The second-order valence-electron chi connectivity index (χ2n) is 6.76. The van der Waals surface area contributed by atoms with Gasteiger partial charge in [0.15, 0.2) is 0 Å². The molecule has 0 fully saturated rings. The van der Waals surface area contributed by atoms with Gasteiger partial charge in [-0.05, 0) is 27.2 Å². The fraction of sp³-hybridized carbons (Fsp3) is 0.500. The second kappa shape index (κ2) is 6.63. The molecule has 2 aliphatic rings. The minimum absolute atomic E-state index is 0.0209. The van der Waals surface area contributed by atoms with Gasteiger partial charge in [0.25, 0.3) is 0 Å². The minimum Gasteiger partial charge on any atom is -0.345 e. The van der Waals surface area contributed by atoms with E-state index in [2.05, 4.69) is 52.7 Å². The van der Waals surface area contributed by atoms with Crippen LogP contribution in [0.25, 0.3) is 0 Å². The average molecular weight is 327 g/mol. The van der Waals surface area contributed by atoms with E-state index in [4.69, 9.17) is 0 Å². The lowest BCUT2D eigenvalue weighted by molar-refractivity contribution is 0.192. The molecule has 0 saturated carbocycles. The number of allylic oxidation sites excluding steroid dienone is 2. The van der Waals surface area contributed by atoms with Crippen LogP contribution in [0.3, 0.4) is 0 Å². The number of nitrogens with zero attached hydrogens (tertiary/aromatic N) is 3. The summed E-state index contributed by atoms with van der Waals surface area (Å²) in [6.07, 6.45) is 9.90. The van der Waals surface area contributed by atoms with Gasteiger partial charge in [-0.1, -0.05) is 23.8 Å². The molecule has 1 aliphatic carbocycles. The van der Waals surface area contributed by atoms with E-state index >= 15 is 0 Å². The van der Waals surface area contributed by atoms with Crippen molar-refractivity contribution in [3.63, 3.8) is 0 Å². The number of amides is 2. The lowest BCUT2D eigenvalue weighted by Crippen LogP contribution is -2.43. The number of urea groups is 1. The monoisotopic (exact) mass is 327 g/mol. The van der Waals surface area contributed by atoms with Crippen molar-refractivity contribution in [2.75, 3.05) is 18.4 Å². The zero-order chi connectivity index (χ0) is 17.2. The molecule has 6 heteroatoms. The van der Waals surface area contributed by atoms with Crippen LogP contribution in [0.1, 0.15) is 38.4 Å². The third kappa shape index (κ3) is 3.58. The summed E-state index contributed by atoms with van der Waals surface area (Å²) in [5, 5.41) is 6.29.